The van der Waals surface area contributed by atoms with Gasteiger partial charge in [0.2, 0.25) is 0 Å². The minimum absolute atomic E-state index is 0.0488. The number of benzene rings is 1. The van der Waals surface area contributed by atoms with Gasteiger partial charge in [-0.1, -0.05) is 37.3 Å². The van der Waals surface area contributed by atoms with E-state index >= 15 is 0 Å². The first kappa shape index (κ1) is 12.7. The molecule has 0 N–H and O–H groups in total. The third-order valence-corrected chi connectivity index (χ3v) is 3.90. The summed E-state index contributed by atoms with van der Waals surface area (Å²) in [5.41, 5.74) is 1.12. The summed E-state index contributed by atoms with van der Waals surface area (Å²) in [6.45, 7) is 2.21. The van der Waals surface area contributed by atoms with Crippen molar-refractivity contribution < 1.29 is 0 Å². The molecule has 1 aromatic carbocycles. The lowest BCUT2D eigenvalue weighted by atomic mass is 9.80. The molecule has 0 aliphatic heterocycles. The largest absolute Gasteiger partial charge is 0.359 e. The van der Waals surface area contributed by atoms with Crippen molar-refractivity contribution >= 4 is 5.69 Å². The lowest BCUT2D eigenvalue weighted by molar-refractivity contribution is 0.343. The smallest absolute Gasteiger partial charge is 0.120 e. The standard InChI is InChI=1S/C16H20N2/c1-13-8-6-7-11-15(13)16(12-17)18(2)14-9-4-3-5-10-14/h3-6,8-10,13,15-16H,7,11H2,1-2H3. The average molecular weight is 240 g/mol. The molecule has 2 heteroatoms. The zero-order chi connectivity index (χ0) is 13.0. The summed E-state index contributed by atoms with van der Waals surface area (Å²) in [7, 11) is 2.02. The van der Waals surface area contributed by atoms with Crippen LogP contribution in [-0.2, 0) is 0 Å². The summed E-state index contributed by atoms with van der Waals surface area (Å²) in [5.74, 6) is 0.903. The van der Waals surface area contributed by atoms with Crippen LogP contribution >= 0.6 is 0 Å². The van der Waals surface area contributed by atoms with Crippen molar-refractivity contribution in [1.82, 2.24) is 0 Å². The van der Waals surface area contributed by atoms with Crippen LogP contribution in [0.1, 0.15) is 19.8 Å². The quantitative estimate of drug-likeness (QED) is 0.754. The fourth-order valence-corrected chi connectivity index (χ4v) is 2.74. The van der Waals surface area contributed by atoms with Crippen molar-refractivity contribution in [3.8, 4) is 6.07 Å². The van der Waals surface area contributed by atoms with E-state index in [4.69, 9.17) is 0 Å². The molecule has 0 heterocycles. The first-order valence-electron chi connectivity index (χ1n) is 6.58. The Morgan fingerprint density at radius 3 is 2.67 bits per heavy atom. The summed E-state index contributed by atoms with van der Waals surface area (Å²) >= 11 is 0. The van der Waals surface area contributed by atoms with Crippen LogP contribution in [0.2, 0.25) is 0 Å². The first-order valence-corrected chi connectivity index (χ1v) is 6.58. The van der Waals surface area contributed by atoms with Crippen LogP contribution in [0.25, 0.3) is 0 Å². The number of para-hydroxylation sites is 1. The molecule has 1 aliphatic carbocycles. The fraction of sp³-hybridized carbons (Fsp3) is 0.438. The van der Waals surface area contributed by atoms with E-state index in [-0.39, 0.29) is 6.04 Å². The molecule has 0 amide bonds. The Morgan fingerprint density at radius 1 is 1.33 bits per heavy atom. The van der Waals surface area contributed by atoms with E-state index in [1.54, 1.807) is 0 Å². The topological polar surface area (TPSA) is 27.0 Å². The SMILES string of the molecule is CC1C=CCCC1C(C#N)N(C)c1ccccc1. The maximum absolute atomic E-state index is 9.51. The molecule has 1 aliphatic rings. The van der Waals surface area contributed by atoms with E-state index in [1.165, 1.54) is 0 Å². The molecule has 0 fully saturated rings. The summed E-state index contributed by atoms with van der Waals surface area (Å²) in [5, 5.41) is 9.51. The molecule has 3 unspecified atom stereocenters. The zero-order valence-electron chi connectivity index (χ0n) is 11.1. The molecule has 94 valence electrons. The molecule has 0 spiro atoms. The van der Waals surface area contributed by atoms with Gasteiger partial charge in [0.05, 0.1) is 6.07 Å². The Labute approximate surface area is 110 Å². The Kier molecular flexibility index (Phi) is 4.04. The second-order valence-electron chi connectivity index (χ2n) is 5.05. The summed E-state index contributed by atoms with van der Waals surface area (Å²) < 4.78 is 0. The maximum atomic E-state index is 9.51. The van der Waals surface area contributed by atoms with E-state index in [0.29, 0.717) is 11.8 Å². The average Bonchev–Trinajstić information content (AvgIpc) is 2.42. The van der Waals surface area contributed by atoms with Crippen LogP contribution in [0.15, 0.2) is 42.5 Å². The van der Waals surface area contributed by atoms with Gasteiger partial charge in [-0.05, 0) is 36.8 Å². The number of nitrogens with zero attached hydrogens (tertiary/aromatic N) is 2. The molecular weight excluding hydrogens is 220 g/mol. The van der Waals surface area contributed by atoms with Gasteiger partial charge in [0.15, 0.2) is 0 Å². The molecule has 2 rings (SSSR count). The maximum Gasteiger partial charge on any atom is 0.120 e. The van der Waals surface area contributed by atoms with Gasteiger partial charge >= 0.3 is 0 Å². The van der Waals surface area contributed by atoms with Gasteiger partial charge in [-0.25, -0.2) is 0 Å². The van der Waals surface area contributed by atoms with Crippen LogP contribution in [0.4, 0.5) is 5.69 Å². The number of hydrogen-bond donors (Lipinski definition) is 0. The van der Waals surface area contributed by atoms with E-state index in [1.807, 2.05) is 25.2 Å². The Hall–Kier alpha value is -1.75. The summed E-state index contributed by atoms with van der Waals surface area (Å²) in [6.07, 6.45) is 6.68. The highest BCUT2D eigenvalue weighted by Crippen LogP contribution is 2.31. The summed E-state index contributed by atoms with van der Waals surface area (Å²) in [4.78, 5) is 2.11. The molecule has 0 saturated carbocycles. The van der Waals surface area contributed by atoms with E-state index in [9.17, 15) is 5.26 Å². The van der Waals surface area contributed by atoms with Gasteiger partial charge < -0.3 is 4.90 Å². The molecule has 1 aromatic rings. The van der Waals surface area contributed by atoms with Gasteiger partial charge in [-0.2, -0.15) is 5.26 Å². The Balaban J connectivity index is 2.19. The number of allylic oxidation sites excluding steroid dienone is 2. The minimum Gasteiger partial charge on any atom is -0.359 e. The van der Waals surface area contributed by atoms with E-state index < -0.39 is 0 Å². The van der Waals surface area contributed by atoms with Crippen molar-refractivity contribution in [3.63, 3.8) is 0 Å². The second kappa shape index (κ2) is 5.73. The van der Waals surface area contributed by atoms with Crippen LogP contribution in [0.5, 0.6) is 0 Å². The second-order valence-corrected chi connectivity index (χ2v) is 5.05. The van der Waals surface area contributed by atoms with Gasteiger partial charge in [0.25, 0.3) is 0 Å². The predicted molar refractivity (Wildman–Crippen MR) is 75.3 cm³/mol. The van der Waals surface area contributed by atoms with Gasteiger partial charge in [0, 0.05) is 12.7 Å². The lowest BCUT2D eigenvalue weighted by Gasteiger charge is -2.35. The van der Waals surface area contributed by atoms with Crippen molar-refractivity contribution in [1.29, 1.82) is 5.26 Å². The van der Waals surface area contributed by atoms with Gasteiger partial charge in [0.1, 0.15) is 6.04 Å². The van der Waals surface area contributed by atoms with Crippen molar-refractivity contribution in [3.05, 3.63) is 42.5 Å². The van der Waals surface area contributed by atoms with Crippen LogP contribution in [0.3, 0.4) is 0 Å². The van der Waals surface area contributed by atoms with Crippen molar-refractivity contribution in [2.24, 2.45) is 11.8 Å². The highest BCUT2D eigenvalue weighted by Gasteiger charge is 2.30. The molecule has 0 radical (unpaired) electrons. The molecule has 3 atom stereocenters. The van der Waals surface area contributed by atoms with E-state index in [0.717, 1.165) is 18.5 Å². The monoisotopic (exact) mass is 240 g/mol. The number of rotatable bonds is 3. The third kappa shape index (κ3) is 2.56. The van der Waals surface area contributed by atoms with Gasteiger partial charge in [-0.15, -0.1) is 0 Å². The molecule has 0 bridgehead atoms. The number of hydrogen-bond acceptors (Lipinski definition) is 2. The highest BCUT2D eigenvalue weighted by molar-refractivity contribution is 5.48. The Bertz CT molecular complexity index is 444. The van der Waals surface area contributed by atoms with E-state index in [2.05, 4.69) is 42.2 Å². The Morgan fingerprint density at radius 2 is 2.06 bits per heavy atom. The number of nitriles is 1. The predicted octanol–water partition coefficient (Wildman–Crippen LogP) is 3.62. The molecule has 18 heavy (non-hydrogen) atoms. The number of anilines is 1. The van der Waals surface area contributed by atoms with Crippen LogP contribution in [-0.4, -0.2) is 13.1 Å². The minimum atomic E-state index is -0.0488. The molecule has 0 saturated heterocycles. The molecule has 2 nitrogen and oxygen atoms in total. The lowest BCUT2D eigenvalue weighted by Crippen LogP contribution is -2.40. The first-order chi connectivity index (χ1) is 8.74. The molecular formula is C16H20N2. The highest BCUT2D eigenvalue weighted by atomic mass is 15.1. The van der Waals surface area contributed by atoms with Crippen molar-refractivity contribution in [2.45, 2.75) is 25.8 Å². The third-order valence-electron chi connectivity index (χ3n) is 3.90. The fourth-order valence-electron chi connectivity index (χ4n) is 2.74. The van der Waals surface area contributed by atoms with Crippen LogP contribution in [0, 0.1) is 23.2 Å². The summed E-state index contributed by atoms with van der Waals surface area (Å²) in [6, 6.07) is 12.6. The molecule has 0 aromatic heterocycles. The zero-order valence-corrected chi connectivity index (χ0v) is 11.1. The normalized spacial score (nSPS) is 24.3. The van der Waals surface area contributed by atoms with Crippen LogP contribution < -0.4 is 4.90 Å². The van der Waals surface area contributed by atoms with Gasteiger partial charge in [-0.3, -0.25) is 0 Å². The van der Waals surface area contributed by atoms with Crippen molar-refractivity contribution in [2.75, 3.05) is 11.9 Å².